The van der Waals surface area contributed by atoms with E-state index < -0.39 is 0 Å². The van der Waals surface area contributed by atoms with Crippen LogP contribution < -0.4 is 24.7 Å². The second-order valence-electron chi connectivity index (χ2n) is 4.25. The molecule has 0 aliphatic carbocycles. The van der Waals surface area contributed by atoms with Crippen molar-refractivity contribution in [2.24, 2.45) is 0 Å². The predicted octanol–water partition coefficient (Wildman–Crippen LogP) is 3.48. The monoisotopic (exact) mass is 289 g/mol. The lowest BCUT2D eigenvalue weighted by molar-refractivity contribution is 0.340. The summed E-state index contributed by atoms with van der Waals surface area (Å²) >= 11 is 0. The summed E-state index contributed by atoms with van der Waals surface area (Å²) in [7, 11) is 3.17. The second-order valence-corrected chi connectivity index (χ2v) is 4.25. The van der Waals surface area contributed by atoms with Crippen LogP contribution in [0.4, 0.5) is 5.69 Å². The molecule has 0 unspecified atom stereocenters. The average Bonchev–Trinajstić information content (AvgIpc) is 2.51. The average molecular weight is 289 g/mol. The lowest BCUT2D eigenvalue weighted by atomic mass is 10.2. The van der Waals surface area contributed by atoms with E-state index in [1.54, 1.807) is 44.6 Å². The molecule has 0 bridgehead atoms. The fourth-order valence-corrected chi connectivity index (χ4v) is 1.86. The number of hydrogen-bond donors (Lipinski definition) is 1. The number of hydrogen-bond acceptors (Lipinski definition) is 5. The Kier molecular flexibility index (Phi) is 4.77. The molecule has 2 N–H and O–H groups in total. The van der Waals surface area contributed by atoms with E-state index in [2.05, 4.69) is 0 Å². The fourth-order valence-electron chi connectivity index (χ4n) is 1.86. The van der Waals surface area contributed by atoms with Gasteiger partial charge in [0.15, 0.2) is 5.75 Å². The van der Waals surface area contributed by atoms with Gasteiger partial charge < -0.3 is 24.7 Å². The van der Waals surface area contributed by atoms with Crippen molar-refractivity contribution in [1.82, 2.24) is 0 Å². The molecular weight excluding hydrogens is 270 g/mol. The SMILES string of the molecule is CCOc1cccc(Oc2cc(OC)cc(OC)c2)c1N. The standard InChI is InChI=1S/C16H19NO4/c1-4-20-14-6-5-7-15(16(14)17)21-13-9-11(18-2)8-12(10-13)19-3/h5-10H,4,17H2,1-3H3. The molecule has 0 atom stereocenters. The van der Waals surface area contributed by atoms with Crippen LogP contribution in [0.1, 0.15) is 6.92 Å². The van der Waals surface area contributed by atoms with Crippen LogP contribution in [0.2, 0.25) is 0 Å². The highest BCUT2D eigenvalue weighted by Gasteiger charge is 2.10. The van der Waals surface area contributed by atoms with E-state index in [-0.39, 0.29) is 0 Å². The van der Waals surface area contributed by atoms with E-state index in [0.717, 1.165) is 0 Å². The first-order chi connectivity index (χ1) is 10.2. The van der Waals surface area contributed by atoms with E-state index in [0.29, 0.717) is 41.0 Å². The van der Waals surface area contributed by atoms with Crippen molar-refractivity contribution in [3.05, 3.63) is 36.4 Å². The molecule has 0 saturated heterocycles. The van der Waals surface area contributed by atoms with E-state index in [9.17, 15) is 0 Å². The number of para-hydroxylation sites is 1. The molecule has 0 radical (unpaired) electrons. The first-order valence-electron chi connectivity index (χ1n) is 6.60. The van der Waals surface area contributed by atoms with Crippen molar-refractivity contribution in [3.8, 4) is 28.7 Å². The number of rotatable bonds is 6. The lowest BCUT2D eigenvalue weighted by Gasteiger charge is -2.13. The number of benzene rings is 2. The molecule has 21 heavy (non-hydrogen) atoms. The fraction of sp³-hybridized carbons (Fsp3) is 0.250. The largest absolute Gasteiger partial charge is 0.496 e. The van der Waals surface area contributed by atoms with Crippen molar-refractivity contribution in [1.29, 1.82) is 0 Å². The second kappa shape index (κ2) is 6.74. The molecule has 0 saturated carbocycles. The van der Waals surface area contributed by atoms with Gasteiger partial charge in [0.25, 0.3) is 0 Å². The third-order valence-corrected chi connectivity index (χ3v) is 2.88. The smallest absolute Gasteiger partial charge is 0.154 e. The lowest BCUT2D eigenvalue weighted by Crippen LogP contribution is -1.99. The molecule has 0 heterocycles. The van der Waals surface area contributed by atoms with Crippen LogP contribution in [-0.2, 0) is 0 Å². The zero-order valence-electron chi connectivity index (χ0n) is 12.4. The highest BCUT2D eigenvalue weighted by molar-refractivity contribution is 5.63. The molecule has 2 rings (SSSR count). The zero-order valence-corrected chi connectivity index (χ0v) is 12.4. The van der Waals surface area contributed by atoms with Gasteiger partial charge in [0.1, 0.15) is 28.7 Å². The molecule has 5 nitrogen and oxygen atoms in total. The third kappa shape index (κ3) is 3.51. The van der Waals surface area contributed by atoms with Gasteiger partial charge in [-0.3, -0.25) is 0 Å². The highest BCUT2D eigenvalue weighted by Crippen LogP contribution is 2.36. The Bertz CT molecular complexity index is 591. The van der Waals surface area contributed by atoms with E-state index in [1.165, 1.54) is 0 Å². The Labute approximate surface area is 124 Å². The number of methoxy groups -OCH3 is 2. The van der Waals surface area contributed by atoms with Crippen LogP contribution in [0.25, 0.3) is 0 Å². The summed E-state index contributed by atoms with van der Waals surface area (Å²) in [5.41, 5.74) is 6.51. The Hall–Kier alpha value is -2.56. The van der Waals surface area contributed by atoms with Gasteiger partial charge in [0.2, 0.25) is 0 Å². The van der Waals surface area contributed by atoms with Crippen molar-refractivity contribution in [2.75, 3.05) is 26.6 Å². The first kappa shape index (κ1) is 14.8. The molecule has 0 fully saturated rings. The zero-order chi connectivity index (χ0) is 15.2. The van der Waals surface area contributed by atoms with Crippen molar-refractivity contribution < 1.29 is 18.9 Å². The number of anilines is 1. The molecule has 0 aliphatic rings. The number of ether oxygens (including phenoxy) is 4. The maximum absolute atomic E-state index is 6.05. The summed E-state index contributed by atoms with van der Waals surface area (Å²) in [4.78, 5) is 0. The van der Waals surface area contributed by atoms with Crippen LogP contribution >= 0.6 is 0 Å². The quantitative estimate of drug-likeness (QED) is 0.825. The minimum Gasteiger partial charge on any atom is -0.496 e. The third-order valence-electron chi connectivity index (χ3n) is 2.88. The molecule has 5 heteroatoms. The summed E-state index contributed by atoms with van der Waals surface area (Å²) in [6.45, 7) is 2.44. The van der Waals surface area contributed by atoms with Gasteiger partial charge in [0, 0.05) is 18.2 Å². The minimum absolute atomic E-state index is 0.459. The maximum Gasteiger partial charge on any atom is 0.154 e. The van der Waals surface area contributed by atoms with Crippen molar-refractivity contribution >= 4 is 5.69 Å². The minimum atomic E-state index is 0.459. The van der Waals surface area contributed by atoms with E-state index >= 15 is 0 Å². The van der Waals surface area contributed by atoms with Gasteiger partial charge in [0.05, 0.1) is 20.8 Å². The van der Waals surface area contributed by atoms with Crippen LogP contribution in [-0.4, -0.2) is 20.8 Å². The van der Waals surface area contributed by atoms with E-state index in [4.69, 9.17) is 24.7 Å². The highest BCUT2D eigenvalue weighted by atomic mass is 16.5. The summed E-state index contributed by atoms with van der Waals surface area (Å²) in [5.74, 6) is 2.99. The van der Waals surface area contributed by atoms with Crippen LogP contribution in [0.15, 0.2) is 36.4 Å². The molecule has 2 aromatic carbocycles. The first-order valence-corrected chi connectivity index (χ1v) is 6.60. The molecule has 112 valence electrons. The topological polar surface area (TPSA) is 62.9 Å². The summed E-state index contributed by atoms with van der Waals surface area (Å²) in [6.07, 6.45) is 0. The van der Waals surface area contributed by atoms with Gasteiger partial charge >= 0.3 is 0 Å². The number of nitrogens with two attached hydrogens (primary N) is 1. The van der Waals surface area contributed by atoms with Crippen molar-refractivity contribution in [2.45, 2.75) is 6.92 Å². The Morgan fingerprint density at radius 2 is 1.48 bits per heavy atom. The Morgan fingerprint density at radius 3 is 2.05 bits per heavy atom. The normalized spacial score (nSPS) is 10.0. The molecular formula is C16H19NO4. The summed E-state index contributed by atoms with van der Waals surface area (Å²) in [5, 5.41) is 0. The van der Waals surface area contributed by atoms with Gasteiger partial charge in [-0.05, 0) is 19.1 Å². The van der Waals surface area contributed by atoms with Crippen LogP contribution in [0, 0.1) is 0 Å². The van der Waals surface area contributed by atoms with Gasteiger partial charge in [-0.2, -0.15) is 0 Å². The van der Waals surface area contributed by atoms with Gasteiger partial charge in [-0.25, -0.2) is 0 Å². The van der Waals surface area contributed by atoms with E-state index in [1.807, 2.05) is 13.0 Å². The Morgan fingerprint density at radius 1 is 0.905 bits per heavy atom. The summed E-state index contributed by atoms with van der Waals surface area (Å²) < 4.78 is 21.7. The predicted molar refractivity (Wildman–Crippen MR) is 81.6 cm³/mol. The Balaban J connectivity index is 2.31. The summed E-state index contributed by atoms with van der Waals surface area (Å²) in [6, 6.07) is 10.7. The maximum atomic E-state index is 6.05. The molecule has 0 spiro atoms. The van der Waals surface area contributed by atoms with Crippen molar-refractivity contribution in [3.63, 3.8) is 0 Å². The van der Waals surface area contributed by atoms with Crippen LogP contribution in [0.3, 0.4) is 0 Å². The number of nitrogen functional groups attached to an aromatic ring is 1. The molecule has 0 aromatic heterocycles. The molecule has 0 aliphatic heterocycles. The van der Waals surface area contributed by atoms with Gasteiger partial charge in [-0.1, -0.05) is 6.07 Å². The molecule has 0 amide bonds. The van der Waals surface area contributed by atoms with Gasteiger partial charge in [-0.15, -0.1) is 0 Å². The van der Waals surface area contributed by atoms with Crippen LogP contribution in [0.5, 0.6) is 28.7 Å². The molecule has 2 aromatic rings.